The molecular formula is C25H20N6O. The number of imidazole rings is 1. The third-order valence-electron chi connectivity index (χ3n) is 5.31. The minimum atomic E-state index is -0.277. The minimum Gasteiger partial charge on any atom is -0.306 e. The predicted molar refractivity (Wildman–Crippen MR) is 123 cm³/mol. The first-order chi connectivity index (χ1) is 15.7. The van der Waals surface area contributed by atoms with Crippen molar-refractivity contribution in [1.82, 2.24) is 19.6 Å². The van der Waals surface area contributed by atoms with Gasteiger partial charge in [-0.25, -0.2) is 19.3 Å². The molecule has 0 bridgehead atoms. The zero-order chi connectivity index (χ0) is 21.9. The van der Waals surface area contributed by atoms with Crippen LogP contribution in [0.4, 0.5) is 10.5 Å². The molecule has 0 saturated heterocycles. The van der Waals surface area contributed by atoms with Crippen LogP contribution in [-0.4, -0.2) is 31.9 Å². The molecule has 1 aliphatic rings. The highest BCUT2D eigenvalue weighted by Gasteiger charge is 2.28. The van der Waals surface area contributed by atoms with E-state index in [0.29, 0.717) is 17.8 Å². The summed E-state index contributed by atoms with van der Waals surface area (Å²) in [5, 5.41) is 13.0. The quantitative estimate of drug-likeness (QED) is 0.489. The third-order valence-corrected chi connectivity index (χ3v) is 5.31. The van der Waals surface area contributed by atoms with Crippen molar-refractivity contribution in [2.45, 2.75) is 19.4 Å². The number of carbonyl (C=O) groups excluding carboxylic acids is 1. The SMILES string of the molecule is Cc1ccc(NC(=O)N2N=CC[C@@H]2c2ccccc2)cc1C#Cc1cnc2cccnn12. The second kappa shape index (κ2) is 8.36. The normalized spacial score (nSPS) is 14.9. The third kappa shape index (κ3) is 3.82. The van der Waals surface area contributed by atoms with E-state index in [1.54, 1.807) is 23.1 Å². The molecule has 0 unspecified atom stereocenters. The summed E-state index contributed by atoms with van der Waals surface area (Å²) >= 11 is 0. The summed E-state index contributed by atoms with van der Waals surface area (Å²) in [4.78, 5) is 17.2. The molecule has 0 aliphatic carbocycles. The first kappa shape index (κ1) is 19.5. The van der Waals surface area contributed by atoms with E-state index in [0.717, 1.165) is 22.3 Å². The number of carbonyl (C=O) groups is 1. The topological polar surface area (TPSA) is 74.9 Å². The highest BCUT2D eigenvalue weighted by Crippen LogP contribution is 2.28. The first-order valence-electron chi connectivity index (χ1n) is 10.3. The molecule has 0 radical (unpaired) electrons. The van der Waals surface area contributed by atoms with E-state index in [9.17, 15) is 4.79 Å². The summed E-state index contributed by atoms with van der Waals surface area (Å²) in [5.74, 6) is 6.31. The highest BCUT2D eigenvalue weighted by atomic mass is 16.2. The van der Waals surface area contributed by atoms with Crippen molar-refractivity contribution >= 4 is 23.6 Å². The molecule has 7 heteroatoms. The van der Waals surface area contributed by atoms with Crippen molar-refractivity contribution in [3.05, 3.63) is 95.4 Å². The number of aryl methyl sites for hydroxylation is 1. The average Bonchev–Trinajstić information content (AvgIpc) is 3.47. The molecule has 0 spiro atoms. The van der Waals surface area contributed by atoms with Crippen LogP contribution >= 0.6 is 0 Å². The fourth-order valence-electron chi connectivity index (χ4n) is 3.62. The van der Waals surface area contributed by atoms with Crippen LogP contribution in [0.5, 0.6) is 0 Å². The van der Waals surface area contributed by atoms with E-state index in [4.69, 9.17) is 0 Å². The van der Waals surface area contributed by atoms with Crippen LogP contribution in [0.2, 0.25) is 0 Å². The molecule has 1 N–H and O–H groups in total. The molecule has 3 heterocycles. The van der Waals surface area contributed by atoms with Gasteiger partial charge in [-0.3, -0.25) is 0 Å². The van der Waals surface area contributed by atoms with E-state index >= 15 is 0 Å². The second-order valence-electron chi connectivity index (χ2n) is 7.45. The summed E-state index contributed by atoms with van der Waals surface area (Å²) in [6.45, 7) is 1.98. The molecule has 0 saturated carbocycles. The maximum atomic E-state index is 12.9. The monoisotopic (exact) mass is 420 g/mol. The molecule has 7 nitrogen and oxygen atoms in total. The van der Waals surface area contributed by atoms with Crippen molar-refractivity contribution < 1.29 is 4.79 Å². The molecule has 2 aromatic carbocycles. The van der Waals surface area contributed by atoms with Crippen molar-refractivity contribution in [3.8, 4) is 11.8 Å². The number of rotatable bonds is 2. The predicted octanol–water partition coefficient (Wildman–Crippen LogP) is 4.40. The van der Waals surface area contributed by atoms with Crippen LogP contribution in [0, 0.1) is 18.8 Å². The van der Waals surface area contributed by atoms with Gasteiger partial charge in [0, 0.05) is 30.1 Å². The maximum absolute atomic E-state index is 12.9. The lowest BCUT2D eigenvalue weighted by molar-refractivity contribution is 0.200. The zero-order valence-electron chi connectivity index (χ0n) is 17.4. The Morgan fingerprint density at radius 1 is 1.09 bits per heavy atom. The highest BCUT2D eigenvalue weighted by molar-refractivity contribution is 5.91. The fourth-order valence-corrected chi connectivity index (χ4v) is 3.62. The van der Waals surface area contributed by atoms with Crippen LogP contribution in [0.25, 0.3) is 5.65 Å². The number of hydrogen-bond donors (Lipinski definition) is 1. The van der Waals surface area contributed by atoms with E-state index < -0.39 is 0 Å². The maximum Gasteiger partial charge on any atom is 0.342 e. The Bertz CT molecular complexity index is 1380. The van der Waals surface area contributed by atoms with E-state index in [-0.39, 0.29) is 12.1 Å². The zero-order valence-corrected chi connectivity index (χ0v) is 17.4. The largest absolute Gasteiger partial charge is 0.342 e. The molecule has 0 fully saturated rings. The van der Waals surface area contributed by atoms with Gasteiger partial charge in [0.15, 0.2) is 5.65 Å². The number of urea groups is 1. The Hall–Kier alpha value is -4.44. The van der Waals surface area contributed by atoms with Gasteiger partial charge in [-0.1, -0.05) is 42.3 Å². The fraction of sp³-hybridized carbons (Fsp3) is 0.120. The molecule has 1 atom stereocenters. The van der Waals surface area contributed by atoms with Gasteiger partial charge in [0.25, 0.3) is 0 Å². The number of benzene rings is 2. The molecular weight excluding hydrogens is 400 g/mol. The van der Waals surface area contributed by atoms with Gasteiger partial charge in [-0.2, -0.15) is 10.2 Å². The van der Waals surface area contributed by atoms with Gasteiger partial charge in [-0.05, 0) is 48.2 Å². The van der Waals surface area contributed by atoms with Crippen LogP contribution in [0.3, 0.4) is 0 Å². The second-order valence-corrected chi connectivity index (χ2v) is 7.45. The van der Waals surface area contributed by atoms with Gasteiger partial charge < -0.3 is 5.32 Å². The van der Waals surface area contributed by atoms with Crippen molar-refractivity contribution in [3.63, 3.8) is 0 Å². The van der Waals surface area contributed by atoms with Crippen LogP contribution < -0.4 is 5.32 Å². The Labute approximate surface area is 185 Å². The Morgan fingerprint density at radius 3 is 2.84 bits per heavy atom. The summed E-state index contributed by atoms with van der Waals surface area (Å²) in [5.41, 5.74) is 4.99. The van der Waals surface area contributed by atoms with Gasteiger partial charge in [0.1, 0.15) is 5.69 Å². The molecule has 4 aromatic rings. The number of aromatic nitrogens is 3. The molecule has 156 valence electrons. The summed E-state index contributed by atoms with van der Waals surface area (Å²) < 4.78 is 1.70. The van der Waals surface area contributed by atoms with Crippen LogP contribution in [0.1, 0.15) is 34.8 Å². The number of amides is 2. The lowest BCUT2D eigenvalue weighted by Crippen LogP contribution is -2.31. The van der Waals surface area contributed by atoms with Crippen LogP contribution in [-0.2, 0) is 0 Å². The van der Waals surface area contributed by atoms with E-state index in [1.165, 1.54) is 5.01 Å². The summed E-state index contributed by atoms with van der Waals surface area (Å²) in [6.07, 6.45) is 5.86. The van der Waals surface area contributed by atoms with Gasteiger partial charge >= 0.3 is 6.03 Å². The van der Waals surface area contributed by atoms with E-state index in [2.05, 4.69) is 32.3 Å². The summed E-state index contributed by atoms with van der Waals surface area (Å²) in [7, 11) is 0. The molecule has 32 heavy (non-hydrogen) atoms. The number of hydrazone groups is 1. The van der Waals surface area contributed by atoms with Gasteiger partial charge in [0.05, 0.1) is 12.2 Å². The number of fused-ring (bicyclic) bond motifs is 1. The summed E-state index contributed by atoms with van der Waals surface area (Å²) in [6, 6.07) is 18.9. The molecule has 2 amide bonds. The Balaban J connectivity index is 1.36. The lowest BCUT2D eigenvalue weighted by atomic mass is 10.1. The average molecular weight is 420 g/mol. The smallest absolute Gasteiger partial charge is 0.306 e. The minimum absolute atomic E-state index is 0.108. The van der Waals surface area contributed by atoms with Gasteiger partial charge in [0.2, 0.25) is 0 Å². The first-order valence-corrected chi connectivity index (χ1v) is 10.3. The Kier molecular flexibility index (Phi) is 5.10. The van der Waals surface area contributed by atoms with Crippen LogP contribution in [0.15, 0.2) is 78.2 Å². The Morgan fingerprint density at radius 2 is 1.97 bits per heavy atom. The van der Waals surface area contributed by atoms with Crippen molar-refractivity contribution in [2.24, 2.45) is 5.10 Å². The van der Waals surface area contributed by atoms with Gasteiger partial charge in [-0.15, -0.1) is 0 Å². The number of anilines is 1. The van der Waals surface area contributed by atoms with E-state index in [1.807, 2.05) is 67.6 Å². The molecule has 2 aromatic heterocycles. The number of hydrogen-bond acceptors (Lipinski definition) is 4. The number of nitrogens with one attached hydrogen (secondary N) is 1. The number of nitrogens with zero attached hydrogens (tertiary/aromatic N) is 5. The molecule has 5 rings (SSSR count). The van der Waals surface area contributed by atoms with Crippen molar-refractivity contribution in [2.75, 3.05) is 5.32 Å². The lowest BCUT2D eigenvalue weighted by Gasteiger charge is -2.22. The standard InChI is InChI=1S/C25H20N6O/c1-18-9-11-21(16-20(18)10-12-22-17-26-24-8-5-14-27-30(22)24)29-25(32)31-23(13-15-28-31)19-6-3-2-4-7-19/h2-9,11,14-17,23H,13H2,1H3,(H,29,32)/t23-/m1/s1. The van der Waals surface area contributed by atoms with Crippen molar-refractivity contribution in [1.29, 1.82) is 0 Å². The molecule has 1 aliphatic heterocycles.